The lowest BCUT2D eigenvalue weighted by molar-refractivity contribution is 0.191. The van der Waals surface area contributed by atoms with Crippen LogP contribution in [0.15, 0.2) is 30.3 Å². The van der Waals surface area contributed by atoms with Gasteiger partial charge in [-0.3, -0.25) is 0 Å². The first-order valence-corrected chi connectivity index (χ1v) is 9.44. The topological polar surface area (TPSA) is 50.7 Å². The largest absolute Gasteiger partial charge is 0.490 e. The molecular weight excluding hydrogens is 397 g/mol. The van der Waals surface area contributed by atoms with Crippen molar-refractivity contribution in [2.24, 2.45) is 0 Å². The number of hydrogen-bond acceptors (Lipinski definition) is 4. The van der Waals surface area contributed by atoms with E-state index in [1.165, 1.54) is 0 Å². The van der Waals surface area contributed by atoms with Crippen molar-refractivity contribution in [1.29, 1.82) is 0 Å². The number of aliphatic hydroxyl groups excluding tert-OH is 1. The molecule has 0 aliphatic carbocycles. The van der Waals surface area contributed by atoms with E-state index in [0.717, 1.165) is 11.1 Å². The van der Waals surface area contributed by atoms with Crippen LogP contribution in [0.5, 0.6) is 11.5 Å². The van der Waals surface area contributed by atoms with Gasteiger partial charge in [0.15, 0.2) is 11.5 Å². The highest BCUT2D eigenvalue weighted by Gasteiger charge is 2.13. The van der Waals surface area contributed by atoms with E-state index in [1.54, 1.807) is 19.1 Å². The van der Waals surface area contributed by atoms with E-state index in [0.29, 0.717) is 46.3 Å². The maximum absolute atomic E-state index is 9.33. The average Bonchev–Trinajstić information content (AvgIpc) is 2.57. The molecule has 0 saturated heterocycles. The van der Waals surface area contributed by atoms with Gasteiger partial charge in [-0.25, -0.2) is 0 Å². The highest BCUT2D eigenvalue weighted by atomic mass is 35.5. The zero-order chi connectivity index (χ0) is 19.1. The van der Waals surface area contributed by atoms with Crippen LogP contribution in [0.2, 0.25) is 15.1 Å². The SMILES string of the molecule is CCOc1cc(CNC[C@H](C)O)cc(Cl)c1OCc1ccc(Cl)c(Cl)c1. The zero-order valence-corrected chi connectivity index (χ0v) is 17.0. The van der Waals surface area contributed by atoms with Crippen LogP contribution in [-0.4, -0.2) is 24.4 Å². The van der Waals surface area contributed by atoms with Crippen molar-refractivity contribution < 1.29 is 14.6 Å². The van der Waals surface area contributed by atoms with Crippen molar-refractivity contribution in [2.45, 2.75) is 33.1 Å². The second kappa shape index (κ2) is 10.2. The molecule has 0 spiro atoms. The van der Waals surface area contributed by atoms with E-state index in [1.807, 2.05) is 25.1 Å². The summed E-state index contributed by atoms with van der Waals surface area (Å²) < 4.78 is 11.6. The fraction of sp³-hybridized carbons (Fsp3) is 0.368. The predicted molar refractivity (Wildman–Crippen MR) is 107 cm³/mol. The molecule has 0 saturated carbocycles. The molecule has 0 aromatic heterocycles. The Morgan fingerprint density at radius 1 is 1.00 bits per heavy atom. The number of halogens is 3. The molecule has 0 aliphatic rings. The van der Waals surface area contributed by atoms with Gasteiger partial charge in [-0.15, -0.1) is 0 Å². The van der Waals surface area contributed by atoms with Gasteiger partial charge in [0.05, 0.1) is 27.8 Å². The van der Waals surface area contributed by atoms with Gasteiger partial charge in [0, 0.05) is 13.1 Å². The summed E-state index contributed by atoms with van der Waals surface area (Å²) in [4.78, 5) is 0. The maximum Gasteiger partial charge on any atom is 0.180 e. The molecule has 142 valence electrons. The Morgan fingerprint density at radius 2 is 1.73 bits per heavy atom. The van der Waals surface area contributed by atoms with Crippen LogP contribution in [0.3, 0.4) is 0 Å². The molecule has 7 heteroatoms. The molecule has 26 heavy (non-hydrogen) atoms. The molecule has 0 heterocycles. The minimum absolute atomic E-state index is 0.288. The normalized spacial score (nSPS) is 12.1. The molecule has 0 amide bonds. The van der Waals surface area contributed by atoms with Gasteiger partial charge < -0.3 is 19.9 Å². The second-order valence-corrected chi connectivity index (χ2v) is 7.08. The van der Waals surface area contributed by atoms with E-state index in [4.69, 9.17) is 44.3 Å². The Hall–Kier alpha value is -1.17. The molecular formula is C19H22Cl3NO3. The molecule has 2 aromatic carbocycles. The molecule has 0 fully saturated rings. The van der Waals surface area contributed by atoms with Crippen LogP contribution in [0, 0.1) is 0 Å². The Kier molecular flexibility index (Phi) is 8.32. The average molecular weight is 419 g/mol. The van der Waals surface area contributed by atoms with Crippen LogP contribution in [0.25, 0.3) is 0 Å². The van der Waals surface area contributed by atoms with Crippen LogP contribution in [-0.2, 0) is 13.2 Å². The lowest BCUT2D eigenvalue weighted by Crippen LogP contribution is -2.23. The monoisotopic (exact) mass is 417 g/mol. The highest BCUT2D eigenvalue weighted by molar-refractivity contribution is 6.42. The number of benzene rings is 2. The van der Waals surface area contributed by atoms with Crippen molar-refractivity contribution in [3.63, 3.8) is 0 Å². The van der Waals surface area contributed by atoms with Crippen molar-refractivity contribution in [3.05, 3.63) is 56.5 Å². The summed E-state index contributed by atoms with van der Waals surface area (Å²) in [7, 11) is 0. The smallest absolute Gasteiger partial charge is 0.180 e. The van der Waals surface area contributed by atoms with E-state index < -0.39 is 6.10 Å². The predicted octanol–water partition coefficient (Wildman–Crippen LogP) is 5.09. The Labute approximate surface area is 169 Å². The van der Waals surface area contributed by atoms with Gasteiger partial charge in [-0.2, -0.15) is 0 Å². The van der Waals surface area contributed by atoms with Gasteiger partial charge in [0.25, 0.3) is 0 Å². The van der Waals surface area contributed by atoms with Crippen molar-refractivity contribution in [2.75, 3.05) is 13.2 Å². The number of rotatable bonds is 9. The molecule has 0 aliphatic heterocycles. The zero-order valence-electron chi connectivity index (χ0n) is 14.7. The van der Waals surface area contributed by atoms with Gasteiger partial charge >= 0.3 is 0 Å². The minimum atomic E-state index is -0.411. The number of nitrogens with one attached hydrogen (secondary N) is 1. The van der Waals surface area contributed by atoms with E-state index in [9.17, 15) is 5.11 Å². The first kappa shape index (κ1) is 21.1. The molecule has 0 unspecified atom stereocenters. The third-order valence-electron chi connectivity index (χ3n) is 3.51. The van der Waals surface area contributed by atoms with Gasteiger partial charge in [0.2, 0.25) is 0 Å². The van der Waals surface area contributed by atoms with Gasteiger partial charge in [-0.1, -0.05) is 40.9 Å². The lowest BCUT2D eigenvalue weighted by atomic mass is 10.2. The first-order valence-electron chi connectivity index (χ1n) is 8.31. The lowest BCUT2D eigenvalue weighted by Gasteiger charge is -2.16. The maximum atomic E-state index is 9.33. The Bertz CT molecular complexity index is 738. The molecule has 2 aromatic rings. The van der Waals surface area contributed by atoms with Crippen molar-refractivity contribution >= 4 is 34.8 Å². The third kappa shape index (κ3) is 6.22. The van der Waals surface area contributed by atoms with E-state index in [-0.39, 0.29) is 6.61 Å². The summed E-state index contributed by atoms with van der Waals surface area (Å²) in [6.45, 7) is 5.47. The summed E-state index contributed by atoms with van der Waals surface area (Å²) in [6.07, 6.45) is -0.411. The molecule has 2 N–H and O–H groups in total. The van der Waals surface area contributed by atoms with Gasteiger partial charge in [-0.05, 0) is 49.2 Å². The van der Waals surface area contributed by atoms with Crippen LogP contribution in [0.1, 0.15) is 25.0 Å². The second-order valence-electron chi connectivity index (χ2n) is 5.85. The summed E-state index contributed by atoms with van der Waals surface area (Å²) in [5.74, 6) is 1.06. The van der Waals surface area contributed by atoms with Gasteiger partial charge in [0.1, 0.15) is 6.61 Å². The fourth-order valence-corrected chi connectivity index (χ4v) is 2.95. The molecule has 1 atom stereocenters. The van der Waals surface area contributed by atoms with Crippen molar-refractivity contribution in [1.82, 2.24) is 5.32 Å². The standard InChI is InChI=1S/C19H22Cl3NO3/c1-3-25-18-8-14(10-23-9-12(2)24)7-17(22)19(18)26-11-13-4-5-15(20)16(21)6-13/h4-8,12,23-24H,3,9-11H2,1-2H3/t12-/m0/s1. The Balaban J connectivity index is 2.14. The quantitative estimate of drug-likeness (QED) is 0.595. The highest BCUT2D eigenvalue weighted by Crippen LogP contribution is 2.37. The number of ether oxygens (including phenoxy) is 2. The first-order chi connectivity index (χ1) is 12.4. The number of hydrogen-bond donors (Lipinski definition) is 2. The molecule has 0 bridgehead atoms. The van der Waals surface area contributed by atoms with Crippen LogP contribution >= 0.6 is 34.8 Å². The van der Waals surface area contributed by atoms with Crippen LogP contribution in [0.4, 0.5) is 0 Å². The van der Waals surface area contributed by atoms with E-state index in [2.05, 4.69) is 5.32 Å². The number of aliphatic hydroxyl groups is 1. The van der Waals surface area contributed by atoms with Crippen molar-refractivity contribution in [3.8, 4) is 11.5 Å². The van der Waals surface area contributed by atoms with Crippen LogP contribution < -0.4 is 14.8 Å². The minimum Gasteiger partial charge on any atom is -0.490 e. The molecule has 4 nitrogen and oxygen atoms in total. The molecule has 0 radical (unpaired) electrons. The fourth-order valence-electron chi connectivity index (χ4n) is 2.34. The summed E-state index contributed by atoms with van der Waals surface area (Å²) in [5, 5.41) is 13.9. The molecule has 2 rings (SSSR count). The summed E-state index contributed by atoms with van der Waals surface area (Å²) in [5.41, 5.74) is 1.82. The summed E-state index contributed by atoms with van der Waals surface area (Å²) in [6, 6.07) is 9.03. The Morgan fingerprint density at radius 3 is 2.38 bits per heavy atom. The van der Waals surface area contributed by atoms with E-state index >= 15 is 0 Å². The third-order valence-corrected chi connectivity index (χ3v) is 4.52. The summed E-state index contributed by atoms with van der Waals surface area (Å²) >= 11 is 18.4.